The number of nitrogens with zero attached hydrogens (tertiary/aromatic N) is 5. The number of aromatic nitrogens is 4. The van der Waals surface area contributed by atoms with Crippen molar-refractivity contribution in [3.8, 4) is 11.3 Å². The van der Waals surface area contributed by atoms with E-state index in [1.165, 1.54) is 5.69 Å². The minimum absolute atomic E-state index is 0.624. The van der Waals surface area contributed by atoms with E-state index in [4.69, 9.17) is 4.98 Å². The Bertz CT molecular complexity index is 1150. The van der Waals surface area contributed by atoms with Crippen LogP contribution in [-0.4, -0.2) is 56.9 Å². The molecular weight excluding hydrogens is 384 g/mol. The molecule has 1 aromatic carbocycles. The van der Waals surface area contributed by atoms with Gasteiger partial charge in [0.15, 0.2) is 0 Å². The van der Waals surface area contributed by atoms with Gasteiger partial charge in [-0.25, -0.2) is 0 Å². The normalized spacial score (nSPS) is 15.3. The summed E-state index contributed by atoms with van der Waals surface area (Å²) in [5.41, 5.74) is 6.76. The zero-order valence-corrected chi connectivity index (χ0v) is 18.5. The third kappa shape index (κ3) is 4.08. The van der Waals surface area contributed by atoms with Gasteiger partial charge in [0.25, 0.3) is 0 Å². The van der Waals surface area contributed by atoms with Crippen LogP contribution in [0.3, 0.4) is 0 Å². The van der Waals surface area contributed by atoms with Gasteiger partial charge in [0.1, 0.15) is 0 Å². The van der Waals surface area contributed by atoms with Gasteiger partial charge < -0.3 is 9.88 Å². The summed E-state index contributed by atoms with van der Waals surface area (Å²) in [4.78, 5) is 13.5. The van der Waals surface area contributed by atoms with Gasteiger partial charge in [-0.15, -0.1) is 0 Å². The number of benzene rings is 1. The zero-order valence-electron chi connectivity index (χ0n) is 18.5. The molecule has 0 bridgehead atoms. The summed E-state index contributed by atoms with van der Waals surface area (Å²) in [5, 5.41) is 5.48. The summed E-state index contributed by atoms with van der Waals surface area (Å²) in [6.45, 7) is 11.8. The molecule has 0 amide bonds. The number of anilines is 1. The first kappa shape index (κ1) is 19.8. The van der Waals surface area contributed by atoms with Gasteiger partial charge >= 0.3 is 0 Å². The van der Waals surface area contributed by atoms with E-state index in [2.05, 4.69) is 77.1 Å². The van der Waals surface area contributed by atoms with Crippen LogP contribution in [0.4, 0.5) is 5.69 Å². The Balaban J connectivity index is 1.40. The number of piperazine rings is 1. The minimum atomic E-state index is 0.624. The van der Waals surface area contributed by atoms with Crippen LogP contribution in [0.25, 0.3) is 22.2 Å². The molecule has 1 aliphatic heterocycles. The second-order valence-electron chi connectivity index (χ2n) is 8.74. The summed E-state index contributed by atoms with van der Waals surface area (Å²) >= 11 is 0. The molecule has 0 aliphatic carbocycles. The fourth-order valence-corrected chi connectivity index (χ4v) is 4.52. The lowest BCUT2D eigenvalue weighted by Gasteiger charge is -2.38. The average molecular weight is 415 g/mol. The van der Waals surface area contributed by atoms with Gasteiger partial charge in [-0.05, 0) is 51.1 Å². The number of aromatic amines is 1. The quantitative estimate of drug-likeness (QED) is 0.529. The molecule has 0 unspecified atom stereocenters. The van der Waals surface area contributed by atoms with Crippen molar-refractivity contribution < 1.29 is 0 Å². The highest BCUT2D eigenvalue weighted by atomic mass is 15.3. The van der Waals surface area contributed by atoms with Crippen molar-refractivity contribution in [3.05, 3.63) is 66.2 Å². The zero-order chi connectivity index (χ0) is 21.4. The highest BCUT2D eigenvalue weighted by Gasteiger charge is 2.19. The van der Waals surface area contributed by atoms with Crippen molar-refractivity contribution in [2.24, 2.45) is 0 Å². The van der Waals surface area contributed by atoms with Gasteiger partial charge in [-0.3, -0.25) is 14.6 Å². The molecule has 160 valence electrons. The SMILES string of the molecule is Cc1cc2[nH]c(Cn3cccn3)cc2c(-c2ccc(N3CCN(C(C)C)CC3)cc2)n1. The number of hydrogen-bond acceptors (Lipinski definition) is 4. The Hall–Kier alpha value is -3.12. The van der Waals surface area contributed by atoms with Gasteiger partial charge in [0, 0.05) is 78.2 Å². The molecule has 1 fully saturated rings. The summed E-state index contributed by atoms with van der Waals surface area (Å²) in [7, 11) is 0. The lowest BCUT2D eigenvalue weighted by molar-refractivity contribution is 0.209. The number of fused-ring (bicyclic) bond motifs is 1. The van der Waals surface area contributed by atoms with E-state index in [-0.39, 0.29) is 0 Å². The van der Waals surface area contributed by atoms with Crippen molar-refractivity contribution in [2.45, 2.75) is 33.4 Å². The standard InChI is InChI=1S/C25H30N6/c1-18(2)29-11-13-30(14-12-29)22-7-5-20(6-8-22)25-23-16-21(17-31-10-4-9-26-31)28-24(23)15-19(3)27-25/h4-10,15-16,18,28H,11-14,17H2,1-3H3. The molecule has 0 saturated carbocycles. The number of hydrogen-bond donors (Lipinski definition) is 1. The molecule has 4 heterocycles. The Morgan fingerprint density at radius 2 is 1.81 bits per heavy atom. The molecular formula is C25H30N6. The summed E-state index contributed by atoms with van der Waals surface area (Å²) in [6, 6.07) is 15.8. The number of H-pyrrole nitrogens is 1. The molecule has 1 N–H and O–H groups in total. The summed E-state index contributed by atoms with van der Waals surface area (Å²) in [5.74, 6) is 0. The van der Waals surface area contributed by atoms with Crippen LogP contribution in [0.2, 0.25) is 0 Å². The molecule has 4 aromatic rings. The maximum Gasteiger partial charge on any atom is 0.0809 e. The van der Waals surface area contributed by atoms with Gasteiger partial charge in [-0.1, -0.05) is 12.1 Å². The van der Waals surface area contributed by atoms with E-state index in [0.717, 1.165) is 66.3 Å². The maximum absolute atomic E-state index is 4.89. The van der Waals surface area contributed by atoms with Crippen LogP contribution in [0.1, 0.15) is 25.2 Å². The molecule has 1 saturated heterocycles. The Morgan fingerprint density at radius 1 is 1.03 bits per heavy atom. The number of rotatable bonds is 5. The van der Waals surface area contributed by atoms with E-state index >= 15 is 0 Å². The monoisotopic (exact) mass is 414 g/mol. The molecule has 6 heteroatoms. The smallest absolute Gasteiger partial charge is 0.0809 e. The molecule has 5 rings (SSSR count). The van der Waals surface area contributed by atoms with Crippen molar-refractivity contribution >= 4 is 16.6 Å². The molecule has 1 aliphatic rings. The van der Waals surface area contributed by atoms with Crippen LogP contribution >= 0.6 is 0 Å². The highest BCUT2D eigenvalue weighted by molar-refractivity contribution is 5.94. The first-order chi connectivity index (χ1) is 15.1. The fraction of sp³-hybridized carbons (Fsp3) is 0.360. The lowest BCUT2D eigenvalue weighted by Crippen LogP contribution is -2.48. The van der Waals surface area contributed by atoms with Crippen molar-refractivity contribution in [1.82, 2.24) is 24.6 Å². The number of aryl methyl sites for hydroxylation is 1. The highest BCUT2D eigenvalue weighted by Crippen LogP contribution is 2.30. The Morgan fingerprint density at radius 3 is 2.48 bits per heavy atom. The van der Waals surface area contributed by atoms with E-state index in [9.17, 15) is 0 Å². The number of pyridine rings is 1. The lowest BCUT2D eigenvalue weighted by atomic mass is 10.1. The predicted octanol–water partition coefficient (Wildman–Crippen LogP) is 4.31. The minimum Gasteiger partial charge on any atom is -0.369 e. The topological polar surface area (TPSA) is 53.0 Å². The first-order valence-corrected chi connectivity index (χ1v) is 11.1. The van der Waals surface area contributed by atoms with Crippen molar-refractivity contribution in [3.63, 3.8) is 0 Å². The summed E-state index contributed by atoms with van der Waals surface area (Å²) in [6.07, 6.45) is 3.79. The third-order valence-corrected chi connectivity index (χ3v) is 6.24. The van der Waals surface area contributed by atoms with Crippen LogP contribution in [-0.2, 0) is 6.54 Å². The fourth-order valence-electron chi connectivity index (χ4n) is 4.52. The average Bonchev–Trinajstić information content (AvgIpc) is 3.43. The first-order valence-electron chi connectivity index (χ1n) is 11.1. The van der Waals surface area contributed by atoms with E-state index in [1.807, 2.05) is 23.1 Å². The van der Waals surface area contributed by atoms with Gasteiger partial charge in [0.2, 0.25) is 0 Å². The molecule has 31 heavy (non-hydrogen) atoms. The van der Waals surface area contributed by atoms with Crippen LogP contribution in [0.15, 0.2) is 54.9 Å². The molecule has 0 atom stereocenters. The van der Waals surface area contributed by atoms with Crippen molar-refractivity contribution in [2.75, 3.05) is 31.1 Å². The largest absolute Gasteiger partial charge is 0.369 e. The van der Waals surface area contributed by atoms with Gasteiger partial charge in [0.05, 0.1) is 12.2 Å². The maximum atomic E-state index is 4.89. The summed E-state index contributed by atoms with van der Waals surface area (Å²) < 4.78 is 1.93. The van der Waals surface area contributed by atoms with E-state index in [0.29, 0.717) is 6.04 Å². The van der Waals surface area contributed by atoms with E-state index in [1.54, 1.807) is 0 Å². The Kier molecular flexibility index (Phi) is 5.24. The second-order valence-corrected chi connectivity index (χ2v) is 8.74. The third-order valence-electron chi connectivity index (χ3n) is 6.24. The van der Waals surface area contributed by atoms with Crippen molar-refractivity contribution in [1.29, 1.82) is 0 Å². The molecule has 6 nitrogen and oxygen atoms in total. The van der Waals surface area contributed by atoms with Crippen LogP contribution in [0, 0.1) is 6.92 Å². The molecule has 0 radical (unpaired) electrons. The molecule has 3 aromatic heterocycles. The van der Waals surface area contributed by atoms with Crippen LogP contribution < -0.4 is 4.90 Å². The Labute approximate surface area is 183 Å². The predicted molar refractivity (Wildman–Crippen MR) is 127 cm³/mol. The number of nitrogens with one attached hydrogen (secondary N) is 1. The molecule has 0 spiro atoms. The van der Waals surface area contributed by atoms with Crippen LogP contribution in [0.5, 0.6) is 0 Å². The second kappa shape index (κ2) is 8.19. The van der Waals surface area contributed by atoms with Gasteiger partial charge in [-0.2, -0.15) is 5.10 Å². The van der Waals surface area contributed by atoms with E-state index < -0.39 is 0 Å².